The molecule has 0 radical (unpaired) electrons. The summed E-state index contributed by atoms with van der Waals surface area (Å²) in [6, 6.07) is 9.89. The molecule has 1 saturated carbocycles. The van der Waals surface area contributed by atoms with Crippen LogP contribution in [0.5, 0.6) is 0 Å². The third-order valence-electron chi connectivity index (χ3n) is 4.75. The third kappa shape index (κ3) is 4.94. The fourth-order valence-electron chi connectivity index (χ4n) is 3.55. The summed E-state index contributed by atoms with van der Waals surface area (Å²) in [5.74, 6) is 0.961. The topological polar surface area (TPSA) is 12.0 Å². The van der Waals surface area contributed by atoms with Crippen molar-refractivity contribution in [2.45, 2.75) is 71.3 Å². The van der Waals surface area contributed by atoms with Crippen LogP contribution in [0, 0.1) is 5.92 Å². The molecule has 1 aliphatic rings. The summed E-state index contributed by atoms with van der Waals surface area (Å²) in [5.41, 5.74) is 2.94. The molecular weight excluding hydrogens is 242 g/mol. The van der Waals surface area contributed by atoms with Crippen LogP contribution in [0.1, 0.15) is 63.5 Å². The van der Waals surface area contributed by atoms with Crippen molar-refractivity contribution in [3.05, 3.63) is 35.4 Å². The van der Waals surface area contributed by atoms with Crippen LogP contribution in [0.4, 0.5) is 0 Å². The fraction of sp³-hybridized carbons (Fsp3) is 0.684. The minimum absolute atomic E-state index is 0.663. The smallest absolute Gasteiger partial charge is 0.0110 e. The van der Waals surface area contributed by atoms with E-state index in [0.717, 1.165) is 18.9 Å². The number of hydrogen-bond donors (Lipinski definition) is 1. The number of hydrogen-bond acceptors (Lipinski definition) is 1. The Balaban J connectivity index is 1.89. The molecule has 112 valence electrons. The lowest BCUT2D eigenvalue weighted by molar-refractivity contribution is 0.298. The second-order valence-electron chi connectivity index (χ2n) is 6.37. The Morgan fingerprint density at radius 3 is 2.25 bits per heavy atom. The number of benzene rings is 1. The molecule has 0 saturated heterocycles. The maximum atomic E-state index is 3.71. The maximum Gasteiger partial charge on any atom is 0.0110 e. The summed E-state index contributed by atoms with van der Waals surface area (Å²) in [6.07, 6.45) is 11.0. The summed E-state index contributed by atoms with van der Waals surface area (Å²) in [7, 11) is 0. The maximum absolute atomic E-state index is 3.71. The van der Waals surface area contributed by atoms with Crippen LogP contribution in [0.3, 0.4) is 0 Å². The van der Waals surface area contributed by atoms with Gasteiger partial charge in [0.2, 0.25) is 0 Å². The monoisotopic (exact) mass is 273 g/mol. The molecule has 1 atom stereocenters. The summed E-state index contributed by atoms with van der Waals surface area (Å²) >= 11 is 0. The van der Waals surface area contributed by atoms with Crippen LogP contribution in [-0.4, -0.2) is 12.6 Å². The Morgan fingerprint density at radius 2 is 1.65 bits per heavy atom. The predicted octanol–water partition coefficient (Wildman–Crippen LogP) is 4.74. The van der Waals surface area contributed by atoms with E-state index >= 15 is 0 Å². The van der Waals surface area contributed by atoms with Gasteiger partial charge in [0.25, 0.3) is 0 Å². The Hall–Kier alpha value is -0.820. The molecule has 1 aliphatic carbocycles. The van der Waals surface area contributed by atoms with E-state index in [9.17, 15) is 0 Å². The van der Waals surface area contributed by atoms with E-state index in [4.69, 9.17) is 0 Å². The van der Waals surface area contributed by atoms with Crippen molar-refractivity contribution in [3.8, 4) is 0 Å². The van der Waals surface area contributed by atoms with Crippen LogP contribution >= 0.6 is 0 Å². The van der Waals surface area contributed by atoms with E-state index in [2.05, 4.69) is 43.4 Å². The van der Waals surface area contributed by atoms with Crippen LogP contribution in [0.15, 0.2) is 24.3 Å². The van der Waals surface area contributed by atoms with E-state index in [1.807, 2.05) is 0 Å². The zero-order valence-corrected chi connectivity index (χ0v) is 13.3. The molecule has 0 heterocycles. The van der Waals surface area contributed by atoms with E-state index < -0.39 is 0 Å². The van der Waals surface area contributed by atoms with Crippen molar-refractivity contribution < 1.29 is 0 Å². The highest BCUT2D eigenvalue weighted by Gasteiger charge is 2.18. The summed E-state index contributed by atoms with van der Waals surface area (Å²) in [6.45, 7) is 5.54. The first-order valence-corrected chi connectivity index (χ1v) is 8.63. The van der Waals surface area contributed by atoms with Gasteiger partial charge in [-0.2, -0.15) is 0 Å². The molecule has 2 rings (SSSR count). The molecule has 1 aromatic carbocycles. The number of aryl methyl sites for hydroxylation is 1. The number of rotatable bonds is 7. The molecule has 0 bridgehead atoms. The van der Waals surface area contributed by atoms with Gasteiger partial charge < -0.3 is 5.32 Å². The van der Waals surface area contributed by atoms with E-state index in [0.29, 0.717) is 6.04 Å². The SMILES string of the molecule is CCNC(Cc1ccc(CC)cc1)CC1CCCCC1. The highest BCUT2D eigenvalue weighted by atomic mass is 14.9. The van der Waals surface area contributed by atoms with Crippen molar-refractivity contribution in [2.24, 2.45) is 5.92 Å². The van der Waals surface area contributed by atoms with Gasteiger partial charge in [0, 0.05) is 6.04 Å². The first-order chi connectivity index (χ1) is 9.81. The minimum Gasteiger partial charge on any atom is -0.314 e. The summed E-state index contributed by atoms with van der Waals surface area (Å²) in [4.78, 5) is 0. The van der Waals surface area contributed by atoms with Crippen molar-refractivity contribution >= 4 is 0 Å². The zero-order valence-electron chi connectivity index (χ0n) is 13.3. The Morgan fingerprint density at radius 1 is 1.00 bits per heavy atom. The second-order valence-corrected chi connectivity index (χ2v) is 6.37. The molecule has 1 heteroatoms. The van der Waals surface area contributed by atoms with Crippen molar-refractivity contribution in [1.29, 1.82) is 0 Å². The summed E-state index contributed by atoms with van der Waals surface area (Å²) < 4.78 is 0. The van der Waals surface area contributed by atoms with Gasteiger partial charge in [-0.25, -0.2) is 0 Å². The highest BCUT2D eigenvalue weighted by molar-refractivity contribution is 5.23. The quantitative estimate of drug-likeness (QED) is 0.756. The number of nitrogens with one attached hydrogen (secondary N) is 1. The highest BCUT2D eigenvalue weighted by Crippen LogP contribution is 2.28. The van der Waals surface area contributed by atoms with Crippen LogP contribution in [-0.2, 0) is 12.8 Å². The largest absolute Gasteiger partial charge is 0.314 e. The van der Waals surface area contributed by atoms with Crippen molar-refractivity contribution in [2.75, 3.05) is 6.54 Å². The minimum atomic E-state index is 0.663. The van der Waals surface area contributed by atoms with Crippen molar-refractivity contribution in [3.63, 3.8) is 0 Å². The van der Waals surface area contributed by atoms with Gasteiger partial charge in [-0.3, -0.25) is 0 Å². The Labute approximate surface area is 125 Å². The fourth-order valence-corrected chi connectivity index (χ4v) is 3.55. The van der Waals surface area contributed by atoms with Crippen LogP contribution in [0.25, 0.3) is 0 Å². The third-order valence-corrected chi connectivity index (χ3v) is 4.75. The zero-order chi connectivity index (χ0) is 14.2. The molecule has 1 nitrogen and oxygen atoms in total. The lowest BCUT2D eigenvalue weighted by atomic mass is 9.83. The second kappa shape index (κ2) is 8.46. The molecule has 1 N–H and O–H groups in total. The molecule has 0 aromatic heterocycles. The lowest BCUT2D eigenvalue weighted by Gasteiger charge is -2.27. The van der Waals surface area contributed by atoms with Gasteiger partial charge in [0.05, 0.1) is 0 Å². The number of likely N-dealkylation sites (N-methyl/N-ethyl adjacent to an activating group) is 1. The first-order valence-electron chi connectivity index (χ1n) is 8.63. The van der Waals surface area contributed by atoms with Gasteiger partial charge in [0.1, 0.15) is 0 Å². The van der Waals surface area contributed by atoms with Gasteiger partial charge in [-0.15, -0.1) is 0 Å². The first kappa shape index (κ1) is 15.6. The van der Waals surface area contributed by atoms with Gasteiger partial charge >= 0.3 is 0 Å². The van der Waals surface area contributed by atoms with E-state index in [1.165, 1.54) is 56.1 Å². The molecule has 0 aliphatic heterocycles. The summed E-state index contributed by atoms with van der Waals surface area (Å²) in [5, 5.41) is 3.71. The van der Waals surface area contributed by atoms with Gasteiger partial charge in [-0.05, 0) is 42.9 Å². The van der Waals surface area contributed by atoms with Crippen molar-refractivity contribution in [1.82, 2.24) is 5.32 Å². The normalized spacial score (nSPS) is 18.1. The molecule has 0 spiro atoms. The van der Waals surface area contributed by atoms with E-state index in [1.54, 1.807) is 0 Å². The van der Waals surface area contributed by atoms with E-state index in [-0.39, 0.29) is 0 Å². The predicted molar refractivity (Wildman–Crippen MR) is 88.2 cm³/mol. The molecule has 1 unspecified atom stereocenters. The Kier molecular flexibility index (Phi) is 6.59. The standard InChI is InChI=1S/C19H31N/c1-3-16-10-12-18(13-11-16)15-19(20-4-2)14-17-8-6-5-7-9-17/h10-13,17,19-20H,3-9,14-15H2,1-2H3. The Bertz CT molecular complexity index is 362. The lowest BCUT2D eigenvalue weighted by Crippen LogP contribution is -2.33. The van der Waals surface area contributed by atoms with Gasteiger partial charge in [-0.1, -0.05) is 70.2 Å². The molecule has 20 heavy (non-hydrogen) atoms. The molecule has 1 aromatic rings. The van der Waals surface area contributed by atoms with Gasteiger partial charge in [0.15, 0.2) is 0 Å². The van der Waals surface area contributed by atoms with Crippen LogP contribution in [0.2, 0.25) is 0 Å². The average molecular weight is 273 g/mol. The molecule has 1 fully saturated rings. The van der Waals surface area contributed by atoms with Crippen LogP contribution < -0.4 is 5.32 Å². The molecular formula is C19H31N. The average Bonchev–Trinajstić information content (AvgIpc) is 2.49. The molecule has 0 amide bonds.